The molecule has 0 saturated heterocycles. The highest BCUT2D eigenvalue weighted by Gasteiger charge is 2.26. The van der Waals surface area contributed by atoms with Crippen LogP contribution in [0, 0.1) is 0 Å². The van der Waals surface area contributed by atoms with E-state index in [2.05, 4.69) is 17.5 Å². The summed E-state index contributed by atoms with van der Waals surface area (Å²) >= 11 is 1.75. The zero-order chi connectivity index (χ0) is 11.3. The molecule has 1 aromatic heterocycles. The van der Waals surface area contributed by atoms with Crippen molar-refractivity contribution in [3.05, 3.63) is 22.4 Å². The Hall–Kier alpha value is -0.380. The molecule has 0 aliphatic heterocycles. The predicted molar refractivity (Wildman–Crippen MR) is 68.6 cm³/mol. The second-order valence-corrected chi connectivity index (χ2v) is 5.88. The van der Waals surface area contributed by atoms with E-state index in [0.29, 0.717) is 6.61 Å². The fourth-order valence-electron chi connectivity index (χ4n) is 2.33. The molecule has 1 heterocycles. The van der Waals surface area contributed by atoms with Gasteiger partial charge in [-0.25, -0.2) is 0 Å². The van der Waals surface area contributed by atoms with E-state index in [9.17, 15) is 0 Å². The van der Waals surface area contributed by atoms with Crippen LogP contribution in [0.15, 0.2) is 17.5 Å². The Morgan fingerprint density at radius 1 is 1.25 bits per heavy atom. The molecule has 0 atom stereocenters. The van der Waals surface area contributed by atoms with Gasteiger partial charge < -0.3 is 10.5 Å². The van der Waals surface area contributed by atoms with Gasteiger partial charge in [0.25, 0.3) is 0 Å². The quantitative estimate of drug-likeness (QED) is 0.818. The van der Waals surface area contributed by atoms with Crippen molar-refractivity contribution in [2.75, 3.05) is 6.61 Å². The summed E-state index contributed by atoms with van der Waals surface area (Å²) in [5.74, 6) is 0. The van der Waals surface area contributed by atoms with Gasteiger partial charge in [-0.2, -0.15) is 0 Å². The predicted octanol–water partition coefficient (Wildman–Crippen LogP) is 3.32. The van der Waals surface area contributed by atoms with Crippen LogP contribution >= 0.6 is 11.3 Å². The molecular weight excluding hydrogens is 218 g/mol. The van der Waals surface area contributed by atoms with Crippen molar-refractivity contribution in [2.45, 2.75) is 50.7 Å². The van der Waals surface area contributed by atoms with E-state index in [0.717, 1.165) is 19.4 Å². The maximum absolute atomic E-state index is 6.38. The Balaban J connectivity index is 1.75. The highest BCUT2D eigenvalue weighted by atomic mass is 32.1. The van der Waals surface area contributed by atoms with E-state index in [1.54, 1.807) is 11.3 Å². The van der Waals surface area contributed by atoms with Crippen molar-refractivity contribution in [1.29, 1.82) is 0 Å². The van der Waals surface area contributed by atoms with Crippen LogP contribution in [-0.2, 0) is 11.3 Å². The Morgan fingerprint density at radius 2 is 2.00 bits per heavy atom. The lowest BCUT2D eigenvalue weighted by Crippen LogP contribution is -2.43. The van der Waals surface area contributed by atoms with Crippen molar-refractivity contribution in [2.24, 2.45) is 5.73 Å². The minimum Gasteiger partial charge on any atom is -0.374 e. The van der Waals surface area contributed by atoms with Gasteiger partial charge in [-0.3, -0.25) is 0 Å². The third kappa shape index (κ3) is 3.58. The molecular formula is C13H21NOS. The Labute approximate surface area is 102 Å². The molecule has 0 bridgehead atoms. The molecule has 0 unspecified atom stereocenters. The lowest BCUT2D eigenvalue weighted by Gasteiger charge is -2.27. The van der Waals surface area contributed by atoms with Crippen molar-refractivity contribution in [3.63, 3.8) is 0 Å². The molecule has 0 radical (unpaired) electrons. The van der Waals surface area contributed by atoms with E-state index in [4.69, 9.17) is 10.5 Å². The first-order chi connectivity index (χ1) is 7.79. The monoisotopic (exact) mass is 239 g/mol. The molecule has 0 spiro atoms. The summed E-state index contributed by atoms with van der Waals surface area (Å²) in [5, 5.41) is 2.09. The fourth-order valence-corrected chi connectivity index (χ4v) is 2.97. The molecule has 0 amide bonds. The van der Waals surface area contributed by atoms with Crippen molar-refractivity contribution < 1.29 is 4.74 Å². The van der Waals surface area contributed by atoms with Crippen molar-refractivity contribution in [1.82, 2.24) is 0 Å². The highest BCUT2D eigenvalue weighted by Crippen LogP contribution is 2.25. The van der Waals surface area contributed by atoms with Crippen LogP contribution in [0.2, 0.25) is 0 Å². The Bertz CT molecular complexity index is 289. The minimum absolute atomic E-state index is 0.0617. The first kappa shape index (κ1) is 12.1. The third-order valence-corrected chi connectivity index (χ3v) is 4.16. The Morgan fingerprint density at radius 3 is 2.62 bits per heavy atom. The average Bonchev–Trinajstić information content (AvgIpc) is 2.68. The number of hydrogen-bond donors (Lipinski definition) is 1. The lowest BCUT2D eigenvalue weighted by molar-refractivity contribution is 0.0682. The van der Waals surface area contributed by atoms with Gasteiger partial charge in [0.05, 0.1) is 13.2 Å². The maximum Gasteiger partial charge on any atom is 0.0810 e. The van der Waals surface area contributed by atoms with Gasteiger partial charge in [0.15, 0.2) is 0 Å². The summed E-state index contributed by atoms with van der Waals surface area (Å²) in [6.45, 7) is 1.43. The third-order valence-electron chi connectivity index (χ3n) is 3.31. The van der Waals surface area contributed by atoms with Gasteiger partial charge in [-0.1, -0.05) is 31.7 Å². The highest BCUT2D eigenvalue weighted by molar-refractivity contribution is 7.09. The van der Waals surface area contributed by atoms with E-state index < -0.39 is 0 Å². The molecule has 1 saturated carbocycles. The van der Waals surface area contributed by atoms with Gasteiger partial charge in [0, 0.05) is 10.4 Å². The van der Waals surface area contributed by atoms with Gasteiger partial charge in [0.1, 0.15) is 0 Å². The van der Waals surface area contributed by atoms with Crippen LogP contribution in [-0.4, -0.2) is 12.1 Å². The number of hydrogen-bond acceptors (Lipinski definition) is 3. The summed E-state index contributed by atoms with van der Waals surface area (Å²) < 4.78 is 5.76. The number of thiophene rings is 1. The normalized spacial score (nSPS) is 20.6. The summed E-state index contributed by atoms with van der Waals surface area (Å²) in [6, 6.07) is 4.17. The minimum atomic E-state index is -0.0617. The van der Waals surface area contributed by atoms with Crippen molar-refractivity contribution in [3.8, 4) is 0 Å². The van der Waals surface area contributed by atoms with Crippen LogP contribution in [0.1, 0.15) is 43.4 Å². The SMILES string of the molecule is NC1(COCc2cccs2)CCCCCC1. The zero-order valence-corrected chi connectivity index (χ0v) is 10.6. The van der Waals surface area contributed by atoms with Gasteiger partial charge in [0.2, 0.25) is 0 Å². The molecule has 2 N–H and O–H groups in total. The first-order valence-corrected chi connectivity index (χ1v) is 7.06. The number of ether oxygens (including phenoxy) is 1. The van der Waals surface area contributed by atoms with Crippen LogP contribution in [0.3, 0.4) is 0 Å². The van der Waals surface area contributed by atoms with Crippen LogP contribution in [0.4, 0.5) is 0 Å². The number of nitrogens with two attached hydrogens (primary N) is 1. The van der Waals surface area contributed by atoms with Gasteiger partial charge in [-0.05, 0) is 24.3 Å². The molecule has 0 aromatic carbocycles. The van der Waals surface area contributed by atoms with Crippen molar-refractivity contribution >= 4 is 11.3 Å². The van der Waals surface area contributed by atoms with E-state index in [1.807, 2.05) is 0 Å². The lowest BCUT2D eigenvalue weighted by atomic mass is 9.93. The van der Waals surface area contributed by atoms with Crippen LogP contribution in [0.25, 0.3) is 0 Å². The molecule has 1 aliphatic carbocycles. The molecule has 1 fully saturated rings. The van der Waals surface area contributed by atoms with E-state index >= 15 is 0 Å². The zero-order valence-electron chi connectivity index (χ0n) is 9.78. The topological polar surface area (TPSA) is 35.2 Å². The molecule has 2 nitrogen and oxygen atoms in total. The fraction of sp³-hybridized carbons (Fsp3) is 0.692. The summed E-state index contributed by atoms with van der Waals surface area (Å²) in [6.07, 6.45) is 7.44. The summed E-state index contributed by atoms with van der Waals surface area (Å²) in [5.41, 5.74) is 6.32. The second-order valence-electron chi connectivity index (χ2n) is 4.85. The maximum atomic E-state index is 6.38. The summed E-state index contributed by atoms with van der Waals surface area (Å²) in [4.78, 5) is 1.29. The molecule has 3 heteroatoms. The van der Waals surface area contributed by atoms with Crippen LogP contribution in [0.5, 0.6) is 0 Å². The standard InChI is InChI=1S/C13H21NOS/c14-13(7-3-1-2-4-8-13)11-15-10-12-6-5-9-16-12/h5-6,9H,1-4,7-8,10-11,14H2. The average molecular weight is 239 g/mol. The Kier molecular flexibility index (Phi) is 4.38. The molecule has 1 aliphatic rings. The van der Waals surface area contributed by atoms with Gasteiger partial charge in [-0.15, -0.1) is 11.3 Å². The largest absolute Gasteiger partial charge is 0.374 e. The van der Waals surface area contributed by atoms with E-state index in [1.165, 1.54) is 30.6 Å². The number of rotatable bonds is 4. The van der Waals surface area contributed by atoms with Crippen LogP contribution < -0.4 is 5.73 Å². The summed E-state index contributed by atoms with van der Waals surface area (Å²) in [7, 11) is 0. The molecule has 1 aromatic rings. The van der Waals surface area contributed by atoms with Gasteiger partial charge >= 0.3 is 0 Å². The first-order valence-electron chi connectivity index (χ1n) is 6.18. The van der Waals surface area contributed by atoms with E-state index in [-0.39, 0.29) is 5.54 Å². The molecule has 90 valence electrons. The second kappa shape index (κ2) is 5.80. The molecule has 2 rings (SSSR count). The smallest absolute Gasteiger partial charge is 0.0810 e. The molecule has 16 heavy (non-hydrogen) atoms.